The molecule has 0 aliphatic rings. The zero-order valence-electron chi connectivity index (χ0n) is 8.94. The first-order valence-electron chi connectivity index (χ1n) is 5.27. The van der Waals surface area contributed by atoms with Crippen molar-refractivity contribution in [2.75, 3.05) is 6.54 Å². The molecule has 84 valence electrons. The number of nitrogens with zero attached hydrogens (tertiary/aromatic N) is 2. The van der Waals surface area contributed by atoms with Gasteiger partial charge in [0.15, 0.2) is 0 Å². The van der Waals surface area contributed by atoms with Crippen LogP contribution in [0, 0.1) is 0 Å². The molecule has 1 aromatic heterocycles. The Kier molecular flexibility index (Phi) is 4.13. The second-order valence-corrected chi connectivity index (χ2v) is 4.50. The van der Waals surface area contributed by atoms with E-state index >= 15 is 0 Å². The van der Waals surface area contributed by atoms with Crippen LogP contribution in [0.3, 0.4) is 0 Å². The summed E-state index contributed by atoms with van der Waals surface area (Å²) in [5.41, 5.74) is 1.31. The topological polar surface area (TPSA) is 29.9 Å². The van der Waals surface area contributed by atoms with Gasteiger partial charge in [-0.15, -0.1) is 0 Å². The van der Waals surface area contributed by atoms with E-state index in [1.807, 2.05) is 16.9 Å². The minimum absolute atomic E-state index is 0.887. The molecule has 0 saturated carbocycles. The van der Waals surface area contributed by atoms with Crippen molar-refractivity contribution in [3.05, 3.63) is 52.8 Å². The molecule has 0 spiro atoms. The quantitative estimate of drug-likeness (QED) is 0.852. The summed E-state index contributed by atoms with van der Waals surface area (Å²) in [6.07, 6.45) is 3.78. The number of hydrogen-bond donors (Lipinski definition) is 1. The van der Waals surface area contributed by atoms with Gasteiger partial charge in [0, 0.05) is 19.3 Å². The predicted octanol–water partition coefficient (Wildman–Crippen LogP) is 2.44. The SMILES string of the molecule is Brc1cnn(CCNCc2ccccc2)c1. The van der Waals surface area contributed by atoms with Crippen molar-refractivity contribution in [1.82, 2.24) is 15.1 Å². The molecule has 1 aromatic carbocycles. The first-order chi connectivity index (χ1) is 7.84. The number of rotatable bonds is 5. The Morgan fingerprint density at radius 2 is 2.06 bits per heavy atom. The summed E-state index contributed by atoms with van der Waals surface area (Å²) in [5.74, 6) is 0. The van der Waals surface area contributed by atoms with Gasteiger partial charge in [0.1, 0.15) is 0 Å². The van der Waals surface area contributed by atoms with Crippen LogP contribution in [0.15, 0.2) is 47.2 Å². The van der Waals surface area contributed by atoms with E-state index in [9.17, 15) is 0 Å². The molecule has 2 aromatic rings. The molecule has 0 fully saturated rings. The highest BCUT2D eigenvalue weighted by atomic mass is 79.9. The standard InChI is InChI=1S/C12H14BrN3/c13-12-9-15-16(10-12)7-6-14-8-11-4-2-1-3-5-11/h1-5,9-10,14H,6-8H2. The predicted molar refractivity (Wildman–Crippen MR) is 68.1 cm³/mol. The molecule has 1 heterocycles. The number of nitrogens with one attached hydrogen (secondary N) is 1. The second-order valence-electron chi connectivity index (χ2n) is 3.58. The Morgan fingerprint density at radius 3 is 2.75 bits per heavy atom. The Hall–Kier alpha value is -1.13. The van der Waals surface area contributed by atoms with E-state index in [2.05, 4.69) is 50.6 Å². The fraction of sp³-hybridized carbons (Fsp3) is 0.250. The largest absolute Gasteiger partial charge is 0.311 e. The first kappa shape index (κ1) is 11.4. The summed E-state index contributed by atoms with van der Waals surface area (Å²) in [4.78, 5) is 0. The van der Waals surface area contributed by atoms with Gasteiger partial charge in [-0.3, -0.25) is 4.68 Å². The Bertz CT molecular complexity index is 425. The summed E-state index contributed by atoms with van der Waals surface area (Å²) in [7, 11) is 0. The lowest BCUT2D eigenvalue weighted by atomic mass is 10.2. The van der Waals surface area contributed by atoms with E-state index in [1.165, 1.54) is 5.56 Å². The normalized spacial score (nSPS) is 10.6. The summed E-state index contributed by atoms with van der Waals surface area (Å²) in [5, 5.41) is 7.57. The number of hydrogen-bond acceptors (Lipinski definition) is 2. The number of aromatic nitrogens is 2. The van der Waals surface area contributed by atoms with E-state index in [4.69, 9.17) is 0 Å². The molecule has 16 heavy (non-hydrogen) atoms. The summed E-state index contributed by atoms with van der Waals surface area (Å²) in [6, 6.07) is 10.4. The summed E-state index contributed by atoms with van der Waals surface area (Å²) >= 11 is 3.37. The summed E-state index contributed by atoms with van der Waals surface area (Å²) < 4.78 is 2.94. The molecule has 0 saturated heterocycles. The van der Waals surface area contributed by atoms with Crippen LogP contribution >= 0.6 is 15.9 Å². The van der Waals surface area contributed by atoms with Crippen molar-refractivity contribution in [3.63, 3.8) is 0 Å². The molecule has 0 aliphatic heterocycles. The van der Waals surface area contributed by atoms with Crippen LogP contribution in [0.1, 0.15) is 5.56 Å². The highest BCUT2D eigenvalue weighted by Gasteiger charge is 1.95. The van der Waals surface area contributed by atoms with Crippen LogP contribution in [-0.4, -0.2) is 16.3 Å². The van der Waals surface area contributed by atoms with Gasteiger partial charge in [-0.05, 0) is 21.5 Å². The van der Waals surface area contributed by atoms with Crippen LogP contribution in [0.2, 0.25) is 0 Å². The average molecular weight is 280 g/mol. The van der Waals surface area contributed by atoms with Gasteiger partial charge >= 0.3 is 0 Å². The lowest BCUT2D eigenvalue weighted by Gasteiger charge is -2.04. The Balaban J connectivity index is 1.69. The molecule has 0 bridgehead atoms. The minimum Gasteiger partial charge on any atom is -0.311 e. The van der Waals surface area contributed by atoms with Crippen LogP contribution in [0.25, 0.3) is 0 Å². The highest BCUT2D eigenvalue weighted by molar-refractivity contribution is 9.10. The van der Waals surface area contributed by atoms with Crippen LogP contribution in [-0.2, 0) is 13.1 Å². The molecule has 4 heteroatoms. The van der Waals surface area contributed by atoms with E-state index in [-0.39, 0.29) is 0 Å². The molecular formula is C12H14BrN3. The van der Waals surface area contributed by atoms with Crippen molar-refractivity contribution in [3.8, 4) is 0 Å². The molecule has 0 unspecified atom stereocenters. The highest BCUT2D eigenvalue weighted by Crippen LogP contribution is 2.05. The van der Waals surface area contributed by atoms with Gasteiger partial charge in [0.25, 0.3) is 0 Å². The molecule has 2 rings (SSSR count). The van der Waals surface area contributed by atoms with Gasteiger partial charge in [-0.2, -0.15) is 5.10 Å². The van der Waals surface area contributed by atoms with E-state index in [0.29, 0.717) is 0 Å². The average Bonchev–Trinajstić information content (AvgIpc) is 2.72. The fourth-order valence-electron chi connectivity index (χ4n) is 1.48. The first-order valence-corrected chi connectivity index (χ1v) is 6.06. The molecule has 1 N–H and O–H groups in total. The molecule has 0 aliphatic carbocycles. The monoisotopic (exact) mass is 279 g/mol. The molecular weight excluding hydrogens is 266 g/mol. The maximum absolute atomic E-state index is 4.19. The van der Waals surface area contributed by atoms with Crippen molar-refractivity contribution in [2.24, 2.45) is 0 Å². The van der Waals surface area contributed by atoms with Crippen molar-refractivity contribution in [1.29, 1.82) is 0 Å². The van der Waals surface area contributed by atoms with Gasteiger partial charge in [-0.1, -0.05) is 30.3 Å². The summed E-state index contributed by atoms with van der Waals surface area (Å²) in [6.45, 7) is 2.71. The zero-order valence-corrected chi connectivity index (χ0v) is 10.5. The lowest BCUT2D eigenvalue weighted by molar-refractivity contribution is 0.555. The molecule has 3 nitrogen and oxygen atoms in total. The third-order valence-electron chi connectivity index (χ3n) is 2.29. The smallest absolute Gasteiger partial charge is 0.0632 e. The second kappa shape index (κ2) is 5.82. The van der Waals surface area contributed by atoms with E-state index in [0.717, 1.165) is 24.1 Å². The minimum atomic E-state index is 0.887. The van der Waals surface area contributed by atoms with Gasteiger partial charge in [0.05, 0.1) is 17.2 Å². The third kappa shape index (κ3) is 3.47. The Labute approximate surface area is 104 Å². The van der Waals surface area contributed by atoms with E-state index < -0.39 is 0 Å². The van der Waals surface area contributed by atoms with Crippen LogP contribution in [0.5, 0.6) is 0 Å². The maximum Gasteiger partial charge on any atom is 0.0632 e. The third-order valence-corrected chi connectivity index (χ3v) is 2.70. The molecule has 0 radical (unpaired) electrons. The molecule has 0 amide bonds. The van der Waals surface area contributed by atoms with Gasteiger partial charge in [-0.25, -0.2) is 0 Å². The van der Waals surface area contributed by atoms with Crippen LogP contribution in [0.4, 0.5) is 0 Å². The molecule has 0 atom stereocenters. The van der Waals surface area contributed by atoms with Gasteiger partial charge < -0.3 is 5.32 Å². The lowest BCUT2D eigenvalue weighted by Crippen LogP contribution is -2.19. The zero-order chi connectivity index (χ0) is 11.2. The fourth-order valence-corrected chi connectivity index (χ4v) is 1.81. The van der Waals surface area contributed by atoms with Gasteiger partial charge in [0.2, 0.25) is 0 Å². The van der Waals surface area contributed by atoms with E-state index in [1.54, 1.807) is 6.20 Å². The van der Waals surface area contributed by atoms with Crippen LogP contribution < -0.4 is 5.32 Å². The number of benzene rings is 1. The van der Waals surface area contributed by atoms with Crippen molar-refractivity contribution >= 4 is 15.9 Å². The maximum atomic E-state index is 4.19. The van der Waals surface area contributed by atoms with Crippen molar-refractivity contribution in [2.45, 2.75) is 13.1 Å². The van der Waals surface area contributed by atoms with Crippen molar-refractivity contribution < 1.29 is 0 Å². The number of halogens is 1. The Morgan fingerprint density at radius 1 is 1.25 bits per heavy atom.